The van der Waals surface area contributed by atoms with E-state index in [-0.39, 0.29) is 13.0 Å². The molecule has 2 saturated heterocycles. The number of amides is 1. The fourth-order valence-corrected chi connectivity index (χ4v) is 8.11. The summed E-state index contributed by atoms with van der Waals surface area (Å²) in [6.45, 7) is 3.76. The minimum atomic E-state index is -3.79. The van der Waals surface area contributed by atoms with Crippen molar-refractivity contribution >= 4 is 36.2 Å². The molecule has 1 N–H and O–H groups in total. The van der Waals surface area contributed by atoms with Crippen molar-refractivity contribution in [2.75, 3.05) is 63.4 Å². The number of likely N-dealkylation sites (tertiary alicyclic amines) is 1. The first-order valence-corrected chi connectivity index (χ1v) is 18.3. The average Bonchev–Trinajstić information content (AvgIpc) is 3.86. The lowest BCUT2D eigenvalue weighted by molar-refractivity contribution is 0.118. The third-order valence-corrected chi connectivity index (χ3v) is 11.4. The van der Waals surface area contributed by atoms with E-state index in [0.29, 0.717) is 63.1 Å². The van der Waals surface area contributed by atoms with Crippen LogP contribution in [0.1, 0.15) is 43.4 Å². The van der Waals surface area contributed by atoms with Crippen molar-refractivity contribution in [3.05, 3.63) is 47.7 Å². The van der Waals surface area contributed by atoms with E-state index in [4.69, 9.17) is 28.3 Å². The second kappa shape index (κ2) is 14.0. The van der Waals surface area contributed by atoms with Gasteiger partial charge in [-0.3, -0.25) is 13.9 Å². The Morgan fingerprint density at radius 1 is 1.04 bits per heavy atom. The van der Waals surface area contributed by atoms with Gasteiger partial charge in [-0.15, -0.1) is 0 Å². The minimum absolute atomic E-state index is 0.0937. The van der Waals surface area contributed by atoms with Crippen LogP contribution in [0.15, 0.2) is 36.4 Å². The van der Waals surface area contributed by atoms with Crippen molar-refractivity contribution in [3.8, 4) is 17.8 Å². The number of fused-ring (bicyclic) bond motifs is 2. The molecule has 3 fully saturated rings. The first kappa shape index (κ1) is 33.4. The molecule has 3 aromatic rings. The summed E-state index contributed by atoms with van der Waals surface area (Å²) in [6.07, 6.45) is 4.42. The third kappa shape index (κ3) is 6.99. The van der Waals surface area contributed by atoms with Gasteiger partial charge in [0, 0.05) is 75.2 Å². The number of carboxylic acid groups (broad SMARTS) is 1. The molecule has 4 heterocycles. The number of aromatic nitrogens is 2. The molecule has 2 atom stereocenters. The quantitative estimate of drug-likeness (QED) is 0.267. The summed E-state index contributed by atoms with van der Waals surface area (Å²) in [4.78, 5) is 30.1. The topological polar surface area (TPSA) is 154 Å². The molecular formula is C34H42N7O7P. The van der Waals surface area contributed by atoms with Gasteiger partial charge in [0.15, 0.2) is 0 Å². The van der Waals surface area contributed by atoms with Crippen molar-refractivity contribution in [3.63, 3.8) is 0 Å². The highest BCUT2D eigenvalue weighted by atomic mass is 31.2. The van der Waals surface area contributed by atoms with E-state index < -0.39 is 20.0 Å². The summed E-state index contributed by atoms with van der Waals surface area (Å²) in [7, 11) is -1.23. The van der Waals surface area contributed by atoms with Gasteiger partial charge in [-0.2, -0.15) is 15.2 Å². The molecule has 15 heteroatoms. The monoisotopic (exact) mass is 691 g/mol. The Kier molecular flexibility index (Phi) is 9.53. The molecule has 0 radical (unpaired) electrons. The Hall–Kier alpha value is -4.15. The number of phosphoric acid groups is 1. The fourth-order valence-electron chi connectivity index (χ4n) is 7.45. The summed E-state index contributed by atoms with van der Waals surface area (Å²) >= 11 is 0. The zero-order valence-electron chi connectivity index (χ0n) is 27.9. The molecular weight excluding hydrogens is 649 g/mol. The number of ether oxygens (including phenoxy) is 1. The molecule has 3 aliphatic heterocycles. The molecule has 14 nitrogen and oxygen atoms in total. The molecule has 2 aromatic carbocycles. The van der Waals surface area contributed by atoms with E-state index in [0.717, 1.165) is 52.9 Å². The largest absolute Gasteiger partial charge is 0.529 e. The predicted molar refractivity (Wildman–Crippen MR) is 182 cm³/mol. The summed E-state index contributed by atoms with van der Waals surface area (Å²) < 4.78 is 35.1. The van der Waals surface area contributed by atoms with Crippen LogP contribution in [0.25, 0.3) is 10.8 Å². The Morgan fingerprint density at radius 2 is 1.86 bits per heavy atom. The zero-order chi connectivity index (χ0) is 34.1. The van der Waals surface area contributed by atoms with E-state index in [1.807, 2.05) is 36.4 Å². The van der Waals surface area contributed by atoms with Crippen LogP contribution in [-0.4, -0.2) is 103 Å². The van der Waals surface area contributed by atoms with Crippen LogP contribution in [0.4, 0.5) is 16.3 Å². The molecule has 1 amide bonds. The normalized spacial score (nSPS) is 21.4. The third-order valence-electron chi connectivity index (χ3n) is 10.0. The SMILES string of the molecule is COP(=O)(OC)Oc1cc(N2CCc3c(nc(OCC4CCCN4C4CC4)nc3N3CCN(C(=O)O)C(CC#N)C3)C2)c2ccccc2c1. The van der Waals surface area contributed by atoms with Gasteiger partial charge in [0.25, 0.3) is 0 Å². The Morgan fingerprint density at radius 3 is 2.61 bits per heavy atom. The number of nitriles is 1. The second-order valence-corrected chi connectivity index (χ2v) is 14.8. The van der Waals surface area contributed by atoms with Crippen LogP contribution < -0.4 is 19.1 Å². The molecule has 1 saturated carbocycles. The maximum absolute atomic E-state index is 12.9. The predicted octanol–water partition coefficient (Wildman–Crippen LogP) is 5.06. The van der Waals surface area contributed by atoms with Gasteiger partial charge >= 0.3 is 19.9 Å². The van der Waals surface area contributed by atoms with Gasteiger partial charge in [0.05, 0.1) is 30.8 Å². The van der Waals surface area contributed by atoms with Gasteiger partial charge in [0.1, 0.15) is 18.2 Å². The summed E-state index contributed by atoms with van der Waals surface area (Å²) in [6, 6.07) is 14.6. The summed E-state index contributed by atoms with van der Waals surface area (Å²) in [5, 5.41) is 21.2. The smallest absolute Gasteiger partial charge is 0.465 e. The van der Waals surface area contributed by atoms with E-state index in [9.17, 15) is 19.7 Å². The lowest BCUT2D eigenvalue weighted by Gasteiger charge is -2.41. The highest BCUT2D eigenvalue weighted by Crippen LogP contribution is 2.49. The molecule has 0 spiro atoms. The Labute approximate surface area is 285 Å². The number of rotatable bonds is 11. The maximum Gasteiger partial charge on any atom is 0.529 e. The summed E-state index contributed by atoms with van der Waals surface area (Å²) in [5.41, 5.74) is 2.70. The van der Waals surface area contributed by atoms with Crippen LogP contribution in [0.5, 0.6) is 11.8 Å². The molecule has 1 aliphatic carbocycles. The van der Waals surface area contributed by atoms with Crippen LogP contribution in [0.3, 0.4) is 0 Å². The van der Waals surface area contributed by atoms with E-state index in [1.165, 1.54) is 32.0 Å². The fraction of sp³-hybridized carbons (Fsp3) is 0.529. The first-order chi connectivity index (χ1) is 23.8. The van der Waals surface area contributed by atoms with E-state index in [2.05, 4.69) is 20.8 Å². The van der Waals surface area contributed by atoms with Gasteiger partial charge in [-0.05, 0) is 50.1 Å². The number of piperazine rings is 1. The van der Waals surface area contributed by atoms with Gasteiger partial charge < -0.3 is 29.1 Å². The number of benzene rings is 2. The Bertz CT molecular complexity index is 1790. The number of anilines is 2. The van der Waals surface area contributed by atoms with Crippen molar-refractivity contribution in [2.45, 2.75) is 63.2 Å². The molecule has 4 aliphatic rings. The van der Waals surface area contributed by atoms with Crippen molar-refractivity contribution in [2.24, 2.45) is 0 Å². The van der Waals surface area contributed by atoms with E-state index in [1.54, 1.807) is 0 Å². The first-order valence-electron chi connectivity index (χ1n) is 16.9. The lowest BCUT2D eigenvalue weighted by atomic mass is 10.0. The van der Waals surface area contributed by atoms with Crippen molar-refractivity contribution in [1.29, 1.82) is 5.26 Å². The number of hydrogen-bond donors (Lipinski definition) is 1. The van der Waals surface area contributed by atoms with Crippen LogP contribution in [0.2, 0.25) is 0 Å². The highest BCUT2D eigenvalue weighted by molar-refractivity contribution is 7.48. The van der Waals surface area contributed by atoms with Crippen molar-refractivity contribution < 1.29 is 32.8 Å². The maximum atomic E-state index is 12.9. The molecule has 260 valence electrons. The Balaban J connectivity index is 1.22. The number of hydrogen-bond acceptors (Lipinski definition) is 12. The van der Waals surface area contributed by atoms with Crippen LogP contribution >= 0.6 is 7.82 Å². The second-order valence-electron chi connectivity index (χ2n) is 13.0. The standard InChI is InChI=1S/C34H42N7O7P/c1-45-49(44,46-2)48-27-18-23-6-3-4-8-28(23)31(19-27)38-15-12-29-30(21-38)36-33(47-22-26-7-5-14-40(26)24-9-10-24)37-32(29)39-16-17-41(34(42)43)25(20-39)11-13-35/h3-4,6,8,18-19,24-26H,5,7,9-12,14-17,20-22H2,1-2H3,(H,42,43). The zero-order valence-corrected chi connectivity index (χ0v) is 28.8. The average molecular weight is 692 g/mol. The van der Waals surface area contributed by atoms with Gasteiger partial charge in [-0.25, -0.2) is 9.36 Å². The van der Waals surface area contributed by atoms with Crippen LogP contribution in [-0.2, 0) is 26.6 Å². The number of phosphoric ester groups is 1. The van der Waals surface area contributed by atoms with E-state index >= 15 is 0 Å². The molecule has 49 heavy (non-hydrogen) atoms. The van der Waals surface area contributed by atoms with Gasteiger partial charge in [-0.1, -0.05) is 24.3 Å². The van der Waals surface area contributed by atoms with Gasteiger partial charge in [0.2, 0.25) is 0 Å². The van der Waals surface area contributed by atoms with Crippen LogP contribution in [0, 0.1) is 11.3 Å². The summed E-state index contributed by atoms with van der Waals surface area (Å²) in [5.74, 6) is 1.09. The molecule has 1 aromatic heterocycles. The highest BCUT2D eigenvalue weighted by Gasteiger charge is 2.38. The molecule has 2 unspecified atom stereocenters. The molecule has 7 rings (SSSR count). The number of carbonyl (C=O) groups is 1. The van der Waals surface area contributed by atoms with Crippen molar-refractivity contribution in [1.82, 2.24) is 19.8 Å². The number of nitrogens with zero attached hydrogens (tertiary/aromatic N) is 7. The molecule has 0 bridgehead atoms. The minimum Gasteiger partial charge on any atom is -0.465 e. The lowest BCUT2D eigenvalue weighted by Crippen LogP contribution is -2.55.